The Morgan fingerprint density at radius 1 is 1.00 bits per heavy atom. The van der Waals surface area contributed by atoms with Crippen LogP contribution in [0.5, 0.6) is 0 Å². The summed E-state index contributed by atoms with van der Waals surface area (Å²) in [5, 5.41) is 5.96. The molecule has 0 aliphatic rings. The van der Waals surface area contributed by atoms with Crippen molar-refractivity contribution >= 4 is 44.2 Å². The Morgan fingerprint density at radius 2 is 1.73 bits per heavy atom. The van der Waals surface area contributed by atoms with Crippen LogP contribution in [-0.4, -0.2) is 16.8 Å². The van der Waals surface area contributed by atoms with Gasteiger partial charge in [-0.2, -0.15) is 0 Å². The highest BCUT2D eigenvalue weighted by Gasteiger charge is 2.14. The normalized spacial score (nSPS) is 10.4. The fourth-order valence-corrected chi connectivity index (χ4v) is 2.93. The van der Waals surface area contributed by atoms with Crippen LogP contribution in [0.1, 0.15) is 17.3 Å². The van der Waals surface area contributed by atoms with E-state index in [-0.39, 0.29) is 11.8 Å². The van der Waals surface area contributed by atoms with Gasteiger partial charge in [0.05, 0.1) is 21.5 Å². The molecule has 0 atom stereocenters. The van der Waals surface area contributed by atoms with Crippen molar-refractivity contribution in [3.63, 3.8) is 0 Å². The molecule has 1 aromatic heterocycles. The summed E-state index contributed by atoms with van der Waals surface area (Å²) in [6.07, 6.45) is 0. The zero-order valence-corrected chi connectivity index (χ0v) is 12.6. The van der Waals surface area contributed by atoms with Crippen molar-refractivity contribution in [2.24, 2.45) is 0 Å². The molecular formula is C16H13N3O2S. The number of hydrogen-bond acceptors (Lipinski definition) is 4. The first-order valence-corrected chi connectivity index (χ1v) is 7.48. The van der Waals surface area contributed by atoms with Gasteiger partial charge < -0.3 is 5.32 Å². The molecule has 0 radical (unpaired) electrons. The lowest BCUT2D eigenvalue weighted by Gasteiger charge is -2.08. The fourth-order valence-electron chi connectivity index (χ4n) is 2.07. The maximum absolute atomic E-state index is 12.4. The van der Waals surface area contributed by atoms with Gasteiger partial charge in [0.15, 0.2) is 5.13 Å². The highest BCUT2D eigenvalue weighted by atomic mass is 32.1. The van der Waals surface area contributed by atoms with E-state index < -0.39 is 0 Å². The maximum Gasteiger partial charge on any atom is 0.259 e. The highest BCUT2D eigenvalue weighted by molar-refractivity contribution is 7.22. The Balaban J connectivity index is 1.86. The van der Waals surface area contributed by atoms with Gasteiger partial charge >= 0.3 is 0 Å². The van der Waals surface area contributed by atoms with Crippen molar-refractivity contribution in [3.8, 4) is 0 Å². The van der Waals surface area contributed by atoms with E-state index >= 15 is 0 Å². The summed E-state index contributed by atoms with van der Waals surface area (Å²) in [5.74, 6) is -0.524. The van der Waals surface area contributed by atoms with Crippen molar-refractivity contribution in [3.05, 3.63) is 54.1 Å². The Labute approximate surface area is 131 Å². The largest absolute Gasteiger partial charge is 0.326 e. The monoisotopic (exact) mass is 311 g/mol. The zero-order valence-electron chi connectivity index (χ0n) is 11.8. The average Bonchev–Trinajstić information content (AvgIpc) is 2.89. The molecule has 0 saturated heterocycles. The topological polar surface area (TPSA) is 71.1 Å². The van der Waals surface area contributed by atoms with E-state index in [4.69, 9.17) is 0 Å². The van der Waals surface area contributed by atoms with Crippen molar-refractivity contribution in [2.75, 3.05) is 10.6 Å². The van der Waals surface area contributed by atoms with E-state index in [1.165, 1.54) is 18.3 Å². The minimum Gasteiger partial charge on any atom is -0.326 e. The minimum absolute atomic E-state index is 0.222. The van der Waals surface area contributed by atoms with Crippen LogP contribution in [0.3, 0.4) is 0 Å². The fraction of sp³-hybridized carbons (Fsp3) is 0.0625. The lowest BCUT2D eigenvalue weighted by Crippen LogP contribution is -2.16. The standard InChI is InChI=1S/C16H13N3O2S/c1-10(20)17-12-7-3-2-6-11(12)15(21)19-16-18-13-8-4-5-9-14(13)22-16/h2-9H,1H3,(H,17,20)(H,18,19,21). The number of hydrogen-bond donors (Lipinski definition) is 2. The SMILES string of the molecule is CC(=O)Nc1ccccc1C(=O)Nc1nc2ccccc2s1. The molecule has 0 bridgehead atoms. The number of anilines is 2. The van der Waals surface area contributed by atoms with Crippen LogP contribution < -0.4 is 10.6 Å². The van der Waals surface area contributed by atoms with Gasteiger partial charge in [-0.25, -0.2) is 4.98 Å². The molecule has 110 valence electrons. The van der Waals surface area contributed by atoms with Crippen LogP contribution in [0.25, 0.3) is 10.2 Å². The molecule has 1 heterocycles. The Kier molecular flexibility index (Phi) is 3.84. The summed E-state index contributed by atoms with van der Waals surface area (Å²) < 4.78 is 1.01. The van der Waals surface area contributed by atoms with E-state index in [9.17, 15) is 9.59 Å². The predicted molar refractivity (Wildman–Crippen MR) is 88.3 cm³/mol. The molecule has 6 heteroatoms. The predicted octanol–water partition coefficient (Wildman–Crippen LogP) is 3.51. The Hall–Kier alpha value is -2.73. The molecule has 0 spiro atoms. The third-order valence-corrected chi connectivity index (χ3v) is 3.95. The number of fused-ring (bicyclic) bond motifs is 1. The van der Waals surface area contributed by atoms with Gasteiger partial charge in [0.25, 0.3) is 5.91 Å². The first kappa shape index (κ1) is 14.2. The molecule has 0 aliphatic heterocycles. The van der Waals surface area contributed by atoms with Gasteiger partial charge in [0.2, 0.25) is 5.91 Å². The van der Waals surface area contributed by atoms with Gasteiger partial charge in [-0.3, -0.25) is 14.9 Å². The minimum atomic E-state index is -0.302. The van der Waals surface area contributed by atoms with E-state index in [1.54, 1.807) is 24.3 Å². The number of nitrogens with zero attached hydrogens (tertiary/aromatic N) is 1. The van der Waals surface area contributed by atoms with Crippen LogP contribution in [0.4, 0.5) is 10.8 Å². The van der Waals surface area contributed by atoms with Gasteiger partial charge in [-0.15, -0.1) is 0 Å². The molecule has 0 unspecified atom stereocenters. The number of carbonyl (C=O) groups is 2. The molecule has 0 saturated carbocycles. The number of amides is 2. The van der Waals surface area contributed by atoms with Crippen molar-refractivity contribution in [1.82, 2.24) is 4.98 Å². The van der Waals surface area contributed by atoms with E-state index in [1.807, 2.05) is 24.3 Å². The summed E-state index contributed by atoms with van der Waals surface area (Å²) >= 11 is 1.41. The number of nitrogens with one attached hydrogen (secondary N) is 2. The first-order valence-electron chi connectivity index (χ1n) is 6.67. The van der Waals surface area contributed by atoms with Crippen LogP contribution >= 0.6 is 11.3 Å². The van der Waals surface area contributed by atoms with Gasteiger partial charge in [0.1, 0.15) is 0 Å². The number of benzene rings is 2. The van der Waals surface area contributed by atoms with E-state index in [0.29, 0.717) is 16.4 Å². The lowest BCUT2D eigenvalue weighted by atomic mass is 10.1. The van der Waals surface area contributed by atoms with Crippen molar-refractivity contribution in [2.45, 2.75) is 6.92 Å². The second-order valence-corrected chi connectivity index (χ2v) is 5.70. The number of aromatic nitrogens is 1. The highest BCUT2D eigenvalue weighted by Crippen LogP contribution is 2.26. The van der Waals surface area contributed by atoms with E-state index in [2.05, 4.69) is 15.6 Å². The maximum atomic E-state index is 12.4. The van der Waals surface area contributed by atoms with Crippen LogP contribution in [0, 0.1) is 0 Å². The Bertz CT molecular complexity index is 824. The van der Waals surface area contributed by atoms with Crippen LogP contribution in [0.15, 0.2) is 48.5 Å². The molecule has 22 heavy (non-hydrogen) atoms. The summed E-state index contributed by atoms with van der Waals surface area (Å²) in [7, 11) is 0. The van der Waals surface area contributed by atoms with Crippen LogP contribution in [0.2, 0.25) is 0 Å². The first-order chi connectivity index (χ1) is 10.6. The smallest absolute Gasteiger partial charge is 0.259 e. The quantitative estimate of drug-likeness (QED) is 0.777. The van der Waals surface area contributed by atoms with Gasteiger partial charge in [-0.1, -0.05) is 35.6 Å². The molecule has 3 aromatic rings. The molecular weight excluding hydrogens is 298 g/mol. The number of thiazole rings is 1. The van der Waals surface area contributed by atoms with Crippen molar-refractivity contribution < 1.29 is 9.59 Å². The van der Waals surface area contributed by atoms with Gasteiger partial charge in [-0.05, 0) is 24.3 Å². The summed E-state index contributed by atoms with van der Waals surface area (Å²) in [5.41, 5.74) is 1.73. The molecule has 2 N–H and O–H groups in total. The lowest BCUT2D eigenvalue weighted by molar-refractivity contribution is -0.114. The second kappa shape index (κ2) is 5.95. The number of rotatable bonds is 3. The molecule has 5 nitrogen and oxygen atoms in total. The molecule has 0 aliphatic carbocycles. The molecule has 2 aromatic carbocycles. The van der Waals surface area contributed by atoms with Crippen LogP contribution in [-0.2, 0) is 4.79 Å². The second-order valence-electron chi connectivity index (χ2n) is 4.67. The Morgan fingerprint density at radius 3 is 2.50 bits per heavy atom. The molecule has 2 amide bonds. The summed E-state index contributed by atoms with van der Waals surface area (Å²) in [6.45, 7) is 1.40. The summed E-state index contributed by atoms with van der Waals surface area (Å²) in [4.78, 5) is 28.0. The average molecular weight is 311 g/mol. The third-order valence-electron chi connectivity index (χ3n) is 3.00. The molecule has 0 fully saturated rings. The molecule has 3 rings (SSSR count). The van der Waals surface area contributed by atoms with Gasteiger partial charge in [0, 0.05) is 6.92 Å². The van der Waals surface area contributed by atoms with E-state index in [0.717, 1.165) is 10.2 Å². The number of carbonyl (C=O) groups excluding carboxylic acids is 2. The third kappa shape index (κ3) is 2.96. The number of para-hydroxylation sites is 2. The zero-order chi connectivity index (χ0) is 15.5. The summed E-state index contributed by atoms with van der Waals surface area (Å²) in [6, 6.07) is 14.5. The van der Waals surface area contributed by atoms with Crippen molar-refractivity contribution in [1.29, 1.82) is 0 Å².